The van der Waals surface area contributed by atoms with Crippen LogP contribution in [0, 0.1) is 13.8 Å². The number of ether oxygens (including phenoxy) is 2. The van der Waals surface area contributed by atoms with Gasteiger partial charge in [0.05, 0.1) is 25.4 Å². The number of para-hydroxylation sites is 1. The van der Waals surface area contributed by atoms with E-state index in [1.807, 2.05) is 32.0 Å². The number of aryl methyl sites for hydroxylation is 2. The van der Waals surface area contributed by atoms with Crippen LogP contribution in [0.3, 0.4) is 0 Å². The normalized spacial score (nSPS) is 20.4. The van der Waals surface area contributed by atoms with Crippen molar-refractivity contribution in [3.63, 3.8) is 0 Å². The Kier molecular flexibility index (Phi) is 4.89. The van der Waals surface area contributed by atoms with Crippen LogP contribution in [0.4, 0.5) is 10.5 Å². The Morgan fingerprint density at radius 2 is 2.16 bits per heavy atom. The van der Waals surface area contributed by atoms with Crippen LogP contribution in [0.1, 0.15) is 30.3 Å². The lowest BCUT2D eigenvalue weighted by Gasteiger charge is -2.35. The number of urea groups is 1. The Hall–Kier alpha value is -2.61. The third-order valence-corrected chi connectivity index (χ3v) is 4.05. The molecule has 1 N–H and O–H groups in total. The van der Waals surface area contributed by atoms with Gasteiger partial charge in [-0.25, -0.2) is 4.79 Å². The fourth-order valence-corrected chi connectivity index (χ4v) is 2.85. The Morgan fingerprint density at radius 3 is 2.84 bits per heavy atom. The summed E-state index contributed by atoms with van der Waals surface area (Å²) in [7, 11) is 1.58. The molecule has 1 saturated heterocycles. The molecule has 3 rings (SSSR count). The van der Waals surface area contributed by atoms with Crippen LogP contribution in [0.5, 0.6) is 5.75 Å². The molecule has 8 nitrogen and oxygen atoms in total. The minimum Gasteiger partial charge on any atom is -0.495 e. The zero-order valence-electron chi connectivity index (χ0n) is 14.8. The SMILES string of the molecule is COc1cccc(C)c1NC(=O)N1C[C@@H](C)O[C@@H](c2nc(C)no2)C1. The topological polar surface area (TPSA) is 89.7 Å². The summed E-state index contributed by atoms with van der Waals surface area (Å²) in [5.41, 5.74) is 1.59. The van der Waals surface area contributed by atoms with Gasteiger partial charge < -0.3 is 24.2 Å². The summed E-state index contributed by atoms with van der Waals surface area (Å²) in [4.78, 5) is 18.6. The Bertz CT molecular complexity index is 761. The number of nitrogens with one attached hydrogen (secondary N) is 1. The van der Waals surface area contributed by atoms with E-state index in [2.05, 4.69) is 15.5 Å². The van der Waals surface area contributed by atoms with Crippen LogP contribution in [0.25, 0.3) is 0 Å². The van der Waals surface area contributed by atoms with Gasteiger partial charge in [0, 0.05) is 6.54 Å². The fraction of sp³-hybridized carbons (Fsp3) is 0.471. The molecule has 0 spiro atoms. The molecule has 0 unspecified atom stereocenters. The van der Waals surface area contributed by atoms with E-state index in [9.17, 15) is 4.79 Å². The number of methoxy groups -OCH3 is 1. The van der Waals surface area contributed by atoms with Gasteiger partial charge in [0.1, 0.15) is 5.75 Å². The van der Waals surface area contributed by atoms with E-state index in [0.29, 0.717) is 36.2 Å². The van der Waals surface area contributed by atoms with Crippen LogP contribution in [0.15, 0.2) is 22.7 Å². The van der Waals surface area contributed by atoms with E-state index in [-0.39, 0.29) is 12.1 Å². The molecule has 1 aromatic heterocycles. The third-order valence-electron chi connectivity index (χ3n) is 4.05. The van der Waals surface area contributed by atoms with Gasteiger partial charge in [-0.05, 0) is 32.4 Å². The highest BCUT2D eigenvalue weighted by Gasteiger charge is 2.33. The second-order valence-electron chi connectivity index (χ2n) is 6.10. The van der Waals surface area contributed by atoms with Gasteiger partial charge in [-0.2, -0.15) is 4.98 Å². The Labute approximate surface area is 146 Å². The number of anilines is 1. The molecule has 2 aromatic rings. The van der Waals surface area contributed by atoms with Crippen LogP contribution in [-0.2, 0) is 4.74 Å². The monoisotopic (exact) mass is 346 g/mol. The van der Waals surface area contributed by atoms with Crippen molar-refractivity contribution in [2.45, 2.75) is 33.0 Å². The van der Waals surface area contributed by atoms with Crippen LogP contribution in [-0.4, -0.2) is 47.4 Å². The van der Waals surface area contributed by atoms with E-state index in [0.717, 1.165) is 5.56 Å². The summed E-state index contributed by atoms with van der Waals surface area (Å²) in [5, 5.41) is 6.72. The molecule has 2 heterocycles. The minimum absolute atomic E-state index is 0.143. The molecule has 0 aliphatic carbocycles. The molecular formula is C17H22N4O4. The highest BCUT2D eigenvalue weighted by Crippen LogP contribution is 2.29. The Morgan fingerprint density at radius 1 is 1.36 bits per heavy atom. The van der Waals surface area contributed by atoms with E-state index >= 15 is 0 Å². The van der Waals surface area contributed by atoms with Crippen molar-refractivity contribution in [2.75, 3.05) is 25.5 Å². The lowest BCUT2D eigenvalue weighted by atomic mass is 10.2. The first kappa shape index (κ1) is 17.2. The van der Waals surface area contributed by atoms with Gasteiger partial charge in [0.2, 0.25) is 0 Å². The summed E-state index contributed by atoms with van der Waals surface area (Å²) >= 11 is 0. The van der Waals surface area contributed by atoms with Gasteiger partial charge in [-0.3, -0.25) is 0 Å². The summed E-state index contributed by atoms with van der Waals surface area (Å²) in [6.07, 6.45) is -0.579. The number of benzene rings is 1. The first-order valence-corrected chi connectivity index (χ1v) is 8.13. The summed E-state index contributed by atoms with van der Waals surface area (Å²) in [6.45, 7) is 6.39. The highest BCUT2D eigenvalue weighted by molar-refractivity contribution is 5.92. The number of carbonyl (C=O) groups is 1. The van der Waals surface area contributed by atoms with Crippen molar-refractivity contribution in [1.82, 2.24) is 15.0 Å². The molecule has 2 amide bonds. The predicted octanol–water partition coefficient (Wildman–Crippen LogP) is 2.69. The second-order valence-corrected chi connectivity index (χ2v) is 6.10. The molecule has 1 aliphatic rings. The number of aromatic nitrogens is 2. The van der Waals surface area contributed by atoms with E-state index in [4.69, 9.17) is 14.0 Å². The van der Waals surface area contributed by atoms with Gasteiger partial charge >= 0.3 is 6.03 Å². The summed E-state index contributed by atoms with van der Waals surface area (Å²) in [6, 6.07) is 5.40. The lowest BCUT2D eigenvalue weighted by molar-refractivity contribution is -0.0769. The van der Waals surface area contributed by atoms with Crippen molar-refractivity contribution in [1.29, 1.82) is 0 Å². The number of morpholine rings is 1. The minimum atomic E-state index is -0.436. The van der Waals surface area contributed by atoms with Gasteiger partial charge in [0.15, 0.2) is 11.9 Å². The molecule has 1 aromatic carbocycles. The second kappa shape index (κ2) is 7.10. The summed E-state index contributed by atoms with van der Waals surface area (Å²) in [5.74, 6) is 1.55. The molecule has 8 heteroatoms. The largest absolute Gasteiger partial charge is 0.495 e. The van der Waals surface area contributed by atoms with Crippen LogP contribution in [0.2, 0.25) is 0 Å². The number of carbonyl (C=O) groups excluding carboxylic acids is 1. The maximum absolute atomic E-state index is 12.8. The van der Waals surface area contributed by atoms with Crippen LogP contribution < -0.4 is 10.1 Å². The average Bonchev–Trinajstić information content (AvgIpc) is 3.02. The van der Waals surface area contributed by atoms with Crippen LogP contribution >= 0.6 is 0 Å². The Balaban J connectivity index is 1.75. The quantitative estimate of drug-likeness (QED) is 0.919. The number of amides is 2. The van der Waals surface area contributed by atoms with E-state index < -0.39 is 6.10 Å². The number of rotatable bonds is 3. The maximum atomic E-state index is 12.8. The van der Waals surface area contributed by atoms with Gasteiger partial charge in [-0.15, -0.1) is 0 Å². The highest BCUT2D eigenvalue weighted by atomic mass is 16.5. The fourth-order valence-electron chi connectivity index (χ4n) is 2.85. The third kappa shape index (κ3) is 3.74. The van der Waals surface area contributed by atoms with Crippen molar-refractivity contribution < 1.29 is 18.8 Å². The van der Waals surface area contributed by atoms with E-state index in [1.54, 1.807) is 18.9 Å². The molecule has 134 valence electrons. The van der Waals surface area contributed by atoms with Gasteiger partial charge in [-0.1, -0.05) is 17.3 Å². The molecule has 25 heavy (non-hydrogen) atoms. The molecule has 1 aliphatic heterocycles. The maximum Gasteiger partial charge on any atom is 0.322 e. The molecular weight excluding hydrogens is 324 g/mol. The molecule has 0 bridgehead atoms. The smallest absolute Gasteiger partial charge is 0.322 e. The lowest BCUT2D eigenvalue weighted by Crippen LogP contribution is -2.47. The molecule has 0 radical (unpaired) electrons. The molecule has 2 atom stereocenters. The molecule has 0 saturated carbocycles. The standard InChI is InChI=1S/C17H22N4O4/c1-10-6-5-7-13(23-4)15(10)19-17(22)21-8-11(2)24-14(9-21)16-18-12(3)20-25-16/h5-7,11,14H,8-9H2,1-4H3,(H,19,22)/t11-,14-/m1/s1. The number of nitrogens with zero attached hydrogens (tertiary/aromatic N) is 3. The zero-order valence-corrected chi connectivity index (χ0v) is 14.8. The average molecular weight is 346 g/mol. The number of hydrogen-bond donors (Lipinski definition) is 1. The van der Waals surface area contributed by atoms with Crippen molar-refractivity contribution in [2.24, 2.45) is 0 Å². The first-order valence-electron chi connectivity index (χ1n) is 8.13. The summed E-state index contributed by atoms with van der Waals surface area (Å²) < 4.78 is 16.4. The first-order chi connectivity index (χ1) is 12.0. The molecule has 1 fully saturated rings. The van der Waals surface area contributed by atoms with Crippen molar-refractivity contribution >= 4 is 11.7 Å². The predicted molar refractivity (Wildman–Crippen MR) is 90.6 cm³/mol. The van der Waals surface area contributed by atoms with Gasteiger partial charge in [0.25, 0.3) is 5.89 Å². The number of hydrogen-bond acceptors (Lipinski definition) is 6. The van der Waals surface area contributed by atoms with Crippen molar-refractivity contribution in [3.8, 4) is 5.75 Å². The van der Waals surface area contributed by atoms with E-state index in [1.165, 1.54) is 0 Å². The zero-order chi connectivity index (χ0) is 18.0. The van der Waals surface area contributed by atoms with Crippen molar-refractivity contribution in [3.05, 3.63) is 35.5 Å².